The van der Waals surface area contributed by atoms with Crippen molar-refractivity contribution in [3.8, 4) is 11.3 Å². The minimum atomic E-state index is -0.446. The predicted molar refractivity (Wildman–Crippen MR) is 85.8 cm³/mol. The summed E-state index contributed by atoms with van der Waals surface area (Å²) in [6.07, 6.45) is 1.86. The number of amides is 1. The summed E-state index contributed by atoms with van der Waals surface area (Å²) in [6.45, 7) is 1.81. The van der Waals surface area contributed by atoms with E-state index in [0.29, 0.717) is 16.4 Å². The number of carbonyl (C=O) groups is 1. The lowest BCUT2D eigenvalue weighted by atomic mass is 10.1. The molecule has 1 N–H and O–H groups in total. The van der Waals surface area contributed by atoms with Gasteiger partial charge < -0.3 is 5.32 Å². The molecule has 0 saturated carbocycles. The Bertz CT molecular complexity index is 672. The highest BCUT2D eigenvalue weighted by Crippen LogP contribution is 2.27. The molecule has 0 aliphatic rings. The highest BCUT2D eigenvalue weighted by molar-refractivity contribution is 7.99. The first kappa shape index (κ1) is 15.5. The van der Waals surface area contributed by atoms with Crippen LogP contribution >= 0.6 is 23.1 Å². The van der Waals surface area contributed by atoms with Crippen LogP contribution in [0.5, 0.6) is 0 Å². The molecule has 0 bridgehead atoms. The number of hydrogen-bond donors (Lipinski definition) is 1. The van der Waals surface area contributed by atoms with Crippen LogP contribution in [0.4, 0.5) is 10.8 Å². The molecular weight excluding hydrogens is 310 g/mol. The van der Waals surface area contributed by atoms with Crippen LogP contribution in [0.1, 0.15) is 6.92 Å². The standard InChI is InChI=1S/C13H13N3O3S2/c1-8(20-2)12(17)15-13-14-11(7-21-13)9-4-3-5-10(6-9)16(18)19/h3-8H,1-2H3,(H,14,15,17)/t8-/m0/s1. The molecule has 0 spiro atoms. The second-order valence-electron chi connectivity index (χ2n) is 4.21. The Hall–Kier alpha value is -1.93. The van der Waals surface area contributed by atoms with Crippen molar-refractivity contribution in [1.82, 2.24) is 4.98 Å². The fourth-order valence-corrected chi connectivity index (χ4v) is 2.55. The molecule has 1 heterocycles. The smallest absolute Gasteiger partial charge is 0.270 e. The van der Waals surface area contributed by atoms with Crippen LogP contribution in [0.2, 0.25) is 0 Å². The average molecular weight is 323 g/mol. The van der Waals surface area contributed by atoms with Gasteiger partial charge in [-0.05, 0) is 13.2 Å². The second-order valence-corrected chi connectivity index (χ2v) is 6.25. The van der Waals surface area contributed by atoms with E-state index in [9.17, 15) is 14.9 Å². The summed E-state index contributed by atoms with van der Waals surface area (Å²) >= 11 is 2.74. The molecule has 0 radical (unpaired) electrons. The van der Waals surface area contributed by atoms with Crippen molar-refractivity contribution in [2.75, 3.05) is 11.6 Å². The molecule has 1 aromatic heterocycles. The van der Waals surface area contributed by atoms with E-state index < -0.39 is 4.92 Å². The topological polar surface area (TPSA) is 85.1 Å². The third-order valence-electron chi connectivity index (χ3n) is 2.81. The van der Waals surface area contributed by atoms with E-state index in [1.165, 1.54) is 35.2 Å². The van der Waals surface area contributed by atoms with Gasteiger partial charge in [-0.25, -0.2) is 4.98 Å². The summed E-state index contributed by atoms with van der Waals surface area (Å²) in [4.78, 5) is 26.4. The minimum absolute atomic E-state index is 0.0158. The molecule has 2 aromatic rings. The average Bonchev–Trinajstić information content (AvgIpc) is 2.95. The zero-order valence-electron chi connectivity index (χ0n) is 11.4. The Balaban J connectivity index is 2.18. The Morgan fingerprint density at radius 3 is 2.95 bits per heavy atom. The molecule has 2 rings (SSSR count). The Kier molecular flexibility index (Phi) is 4.92. The fraction of sp³-hybridized carbons (Fsp3) is 0.231. The van der Waals surface area contributed by atoms with Crippen molar-refractivity contribution >= 4 is 39.8 Å². The van der Waals surface area contributed by atoms with Crippen LogP contribution < -0.4 is 5.32 Å². The van der Waals surface area contributed by atoms with E-state index in [4.69, 9.17) is 0 Å². The second kappa shape index (κ2) is 6.68. The summed E-state index contributed by atoms with van der Waals surface area (Å²) in [5.74, 6) is -0.109. The van der Waals surface area contributed by atoms with Crippen LogP contribution in [0.3, 0.4) is 0 Å². The summed E-state index contributed by atoms with van der Waals surface area (Å²) in [5.41, 5.74) is 1.27. The van der Waals surface area contributed by atoms with Crippen molar-refractivity contribution in [2.24, 2.45) is 0 Å². The quantitative estimate of drug-likeness (QED) is 0.673. The molecule has 1 atom stereocenters. The normalized spacial score (nSPS) is 11.9. The van der Waals surface area contributed by atoms with Gasteiger partial charge in [0, 0.05) is 23.1 Å². The van der Waals surface area contributed by atoms with Crippen LogP contribution in [0.15, 0.2) is 29.6 Å². The van der Waals surface area contributed by atoms with Crippen LogP contribution in [0, 0.1) is 10.1 Å². The Morgan fingerprint density at radius 2 is 2.29 bits per heavy atom. The molecule has 8 heteroatoms. The largest absolute Gasteiger partial charge is 0.301 e. The van der Waals surface area contributed by atoms with E-state index in [1.807, 2.05) is 13.2 Å². The van der Waals surface area contributed by atoms with Crippen molar-refractivity contribution < 1.29 is 9.72 Å². The van der Waals surface area contributed by atoms with Gasteiger partial charge in [-0.1, -0.05) is 12.1 Å². The number of nitro benzene ring substituents is 1. The SMILES string of the molecule is CS[C@@H](C)C(=O)Nc1nc(-c2cccc([N+](=O)[O-])c2)cs1. The highest BCUT2D eigenvalue weighted by atomic mass is 32.2. The lowest BCUT2D eigenvalue weighted by Crippen LogP contribution is -2.21. The highest BCUT2D eigenvalue weighted by Gasteiger charge is 2.14. The number of nitrogens with one attached hydrogen (secondary N) is 1. The van der Waals surface area contributed by atoms with Gasteiger partial charge in [0.1, 0.15) is 0 Å². The number of thioether (sulfide) groups is 1. The number of anilines is 1. The number of benzene rings is 1. The molecular formula is C13H13N3O3S2. The number of nitro groups is 1. The van der Waals surface area contributed by atoms with Crippen LogP contribution in [-0.4, -0.2) is 27.3 Å². The number of carbonyl (C=O) groups excluding carboxylic acids is 1. The first-order valence-electron chi connectivity index (χ1n) is 6.05. The zero-order chi connectivity index (χ0) is 15.4. The minimum Gasteiger partial charge on any atom is -0.301 e. The van der Waals surface area contributed by atoms with E-state index >= 15 is 0 Å². The third-order valence-corrected chi connectivity index (χ3v) is 4.49. The van der Waals surface area contributed by atoms with Gasteiger partial charge in [-0.15, -0.1) is 11.3 Å². The maximum absolute atomic E-state index is 11.8. The molecule has 0 fully saturated rings. The van der Waals surface area contributed by atoms with Gasteiger partial charge in [0.15, 0.2) is 5.13 Å². The third kappa shape index (κ3) is 3.79. The van der Waals surface area contributed by atoms with E-state index in [2.05, 4.69) is 10.3 Å². The maximum Gasteiger partial charge on any atom is 0.270 e. The molecule has 1 aromatic carbocycles. The van der Waals surface area contributed by atoms with Crippen molar-refractivity contribution in [1.29, 1.82) is 0 Å². The number of nitrogens with zero attached hydrogens (tertiary/aromatic N) is 2. The van der Waals surface area contributed by atoms with Gasteiger partial charge in [-0.2, -0.15) is 11.8 Å². The predicted octanol–water partition coefficient (Wildman–Crippen LogP) is 3.41. The molecule has 110 valence electrons. The first-order chi connectivity index (χ1) is 10.0. The summed E-state index contributed by atoms with van der Waals surface area (Å²) in [7, 11) is 0. The Labute approximate surface area is 129 Å². The summed E-state index contributed by atoms with van der Waals surface area (Å²) in [5, 5.41) is 15.6. The number of non-ortho nitro benzene ring substituents is 1. The molecule has 1 amide bonds. The zero-order valence-corrected chi connectivity index (χ0v) is 13.0. The first-order valence-corrected chi connectivity index (χ1v) is 8.22. The van der Waals surface area contributed by atoms with Crippen molar-refractivity contribution in [3.63, 3.8) is 0 Å². The maximum atomic E-state index is 11.8. The van der Waals surface area contributed by atoms with Crippen molar-refractivity contribution in [3.05, 3.63) is 39.8 Å². The Morgan fingerprint density at radius 1 is 1.52 bits per heavy atom. The molecule has 6 nitrogen and oxygen atoms in total. The molecule has 0 aliphatic carbocycles. The van der Waals surface area contributed by atoms with Crippen molar-refractivity contribution in [2.45, 2.75) is 12.2 Å². The van der Waals surface area contributed by atoms with E-state index in [1.54, 1.807) is 17.5 Å². The molecule has 21 heavy (non-hydrogen) atoms. The fourth-order valence-electron chi connectivity index (χ4n) is 1.56. The van der Waals surface area contributed by atoms with Gasteiger partial charge in [0.2, 0.25) is 5.91 Å². The summed E-state index contributed by atoms with van der Waals surface area (Å²) < 4.78 is 0. The lowest BCUT2D eigenvalue weighted by Gasteiger charge is -2.06. The number of thiazole rings is 1. The van der Waals surface area contributed by atoms with Crippen LogP contribution in [0.25, 0.3) is 11.3 Å². The number of aromatic nitrogens is 1. The van der Waals surface area contributed by atoms with Gasteiger partial charge >= 0.3 is 0 Å². The van der Waals surface area contributed by atoms with E-state index in [0.717, 1.165) is 0 Å². The lowest BCUT2D eigenvalue weighted by molar-refractivity contribution is -0.384. The molecule has 0 saturated heterocycles. The number of hydrogen-bond acceptors (Lipinski definition) is 6. The molecule has 0 unspecified atom stereocenters. The monoisotopic (exact) mass is 323 g/mol. The van der Waals surface area contributed by atoms with Gasteiger partial charge in [-0.3, -0.25) is 14.9 Å². The van der Waals surface area contributed by atoms with Gasteiger partial charge in [0.05, 0.1) is 15.9 Å². The summed E-state index contributed by atoms with van der Waals surface area (Å²) in [6, 6.07) is 6.25. The van der Waals surface area contributed by atoms with E-state index in [-0.39, 0.29) is 16.8 Å². The van der Waals surface area contributed by atoms with Gasteiger partial charge in [0.25, 0.3) is 5.69 Å². The molecule has 0 aliphatic heterocycles. The number of rotatable bonds is 5. The van der Waals surface area contributed by atoms with Crippen LogP contribution in [-0.2, 0) is 4.79 Å².